The second kappa shape index (κ2) is 8.67. The minimum Gasteiger partial charge on any atom is -0.496 e. The average molecular weight is 360 g/mol. The summed E-state index contributed by atoms with van der Waals surface area (Å²) in [6.45, 7) is 2.67. The minimum absolute atomic E-state index is 0.248. The Kier molecular flexibility index (Phi) is 6.58. The van der Waals surface area contributed by atoms with Crippen molar-refractivity contribution in [3.8, 4) is 11.5 Å². The molecule has 0 saturated carbocycles. The van der Waals surface area contributed by atoms with E-state index in [0.29, 0.717) is 35.7 Å². The molecule has 1 amide bonds. The first-order valence-electron chi connectivity index (χ1n) is 8.28. The number of carbonyl (C=O) groups excluding carboxylic acids is 1. The van der Waals surface area contributed by atoms with Crippen molar-refractivity contribution in [3.05, 3.63) is 58.4 Å². The lowest BCUT2D eigenvalue weighted by atomic mass is 10.1. The highest BCUT2D eigenvalue weighted by atomic mass is 19.1. The SMILES string of the molecule is COc1cc(C(=O)NCc2ccc(F)c(CN(C)C)c2)cc(OC)c1C. The van der Waals surface area contributed by atoms with Gasteiger partial charge in [0.1, 0.15) is 17.3 Å². The zero-order valence-electron chi connectivity index (χ0n) is 15.9. The molecule has 0 aliphatic carbocycles. The van der Waals surface area contributed by atoms with E-state index < -0.39 is 0 Å². The summed E-state index contributed by atoms with van der Waals surface area (Å²) in [6.07, 6.45) is 0. The first-order chi connectivity index (χ1) is 12.3. The topological polar surface area (TPSA) is 50.8 Å². The van der Waals surface area contributed by atoms with Gasteiger partial charge in [0.25, 0.3) is 5.91 Å². The molecule has 2 aromatic carbocycles. The summed E-state index contributed by atoms with van der Waals surface area (Å²) in [5.74, 6) is 0.677. The fraction of sp³-hybridized carbons (Fsp3) is 0.350. The van der Waals surface area contributed by atoms with Crippen LogP contribution in [0.2, 0.25) is 0 Å². The maximum Gasteiger partial charge on any atom is 0.251 e. The third-order valence-electron chi connectivity index (χ3n) is 4.06. The van der Waals surface area contributed by atoms with Crippen LogP contribution < -0.4 is 14.8 Å². The lowest BCUT2D eigenvalue weighted by Gasteiger charge is -2.14. The van der Waals surface area contributed by atoms with Gasteiger partial charge in [-0.1, -0.05) is 6.07 Å². The lowest BCUT2D eigenvalue weighted by molar-refractivity contribution is 0.0950. The van der Waals surface area contributed by atoms with E-state index in [-0.39, 0.29) is 11.7 Å². The van der Waals surface area contributed by atoms with Gasteiger partial charge in [-0.2, -0.15) is 0 Å². The molecule has 6 heteroatoms. The molecule has 0 spiro atoms. The van der Waals surface area contributed by atoms with Gasteiger partial charge in [0.15, 0.2) is 0 Å². The summed E-state index contributed by atoms with van der Waals surface area (Å²) in [5.41, 5.74) is 2.71. The quantitative estimate of drug-likeness (QED) is 0.824. The zero-order valence-corrected chi connectivity index (χ0v) is 15.9. The molecule has 2 aromatic rings. The number of ether oxygens (including phenoxy) is 2. The molecule has 26 heavy (non-hydrogen) atoms. The van der Waals surface area contributed by atoms with E-state index in [0.717, 1.165) is 11.1 Å². The lowest BCUT2D eigenvalue weighted by Crippen LogP contribution is -2.23. The van der Waals surface area contributed by atoms with Crippen molar-refractivity contribution in [2.75, 3.05) is 28.3 Å². The van der Waals surface area contributed by atoms with Crippen LogP contribution in [0.3, 0.4) is 0 Å². The Morgan fingerprint density at radius 3 is 2.27 bits per heavy atom. The molecule has 0 aromatic heterocycles. The van der Waals surface area contributed by atoms with E-state index in [1.54, 1.807) is 38.5 Å². The summed E-state index contributed by atoms with van der Waals surface area (Å²) >= 11 is 0. The molecule has 0 radical (unpaired) electrons. The van der Waals surface area contributed by atoms with Crippen LogP contribution in [0.5, 0.6) is 11.5 Å². The summed E-state index contributed by atoms with van der Waals surface area (Å²) in [7, 11) is 6.86. The standard InChI is InChI=1S/C20H25FN2O3/c1-13-18(25-4)9-15(10-19(13)26-5)20(24)22-11-14-6-7-17(21)16(8-14)12-23(2)3/h6-10H,11-12H2,1-5H3,(H,22,24). The van der Waals surface area contributed by atoms with Crippen LogP contribution >= 0.6 is 0 Å². The molecule has 0 atom stereocenters. The van der Waals surface area contributed by atoms with Crippen LogP contribution in [-0.4, -0.2) is 39.1 Å². The highest BCUT2D eigenvalue weighted by Gasteiger charge is 2.14. The first-order valence-corrected chi connectivity index (χ1v) is 8.28. The van der Waals surface area contributed by atoms with E-state index >= 15 is 0 Å². The van der Waals surface area contributed by atoms with Gasteiger partial charge in [0.2, 0.25) is 0 Å². The van der Waals surface area contributed by atoms with Gasteiger partial charge in [0, 0.05) is 29.8 Å². The molecule has 1 N–H and O–H groups in total. The number of nitrogens with zero attached hydrogens (tertiary/aromatic N) is 1. The highest BCUT2D eigenvalue weighted by Crippen LogP contribution is 2.29. The number of amides is 1. The van der Waals surface area contributed by atoms with Crippen LogP contribution in [-0.2, 0) is 13.1 Å². The van der Waals surface area contributed by atoms with Gasteiger partial charge in [-0.15, -0.1) is 0 Å². The summed E-state index contributed by atoms with van der Waals surface area (Å²) in [6, 6.07) is 8.22. The van der Waals surface area contributed by atoms with Gasteiger partial charge >= 0.3 is 0 Å². The van der Waals surface area contributed by atoms with Gasteiger partial charge in [-0.3, -0.25) is 4.79 Å². The van der Waals surface area contributed by atoms with Crippen LogP contribution in [0.4, 0.5) is 4.39 Å². The van der Waals surface area contributed by atoms with Crippen LogP contribution in [0.15, 0.2) is 30.3 Å². The molecular formula is C20H25FN2O3. The number of hydrogen-bond donors (Lipinski definition) is 1. The highest BCUT2D eigenvalue weighted by molar-refractivity contribution is 5.95. The van der Waals surface area contributed by atoms with Crippen molar-refractivity contribution < 1.29 is 18.7 Å². The third-order valence-corrected chi connectivity index (χ3v) is 4.06. The number of benzene rings is 2. The maximum absolute atomic E-state index is 13.9. The maximum atomic E-state index is 13.9. The summed E-state index contributed by atoms with van der Waals surface area (Å²) in [4.78, 5) is 14.4. The first kappa shape index (κ1) is 19.7. The molecule has 0 bridgehead atoms. The van der Waals surface area contributed by atoms with E-state index in [2.05, 4.69) is 5.32 Å². The predicted molar refractivity (Wildman–Crippen MR) is 99.2 cm³/mol. The molecule has 0 saturated heterocycles. The molecule has 0 unspecified atom stereocenters. The van der Waals surface area contributed by atoms with E-state index in [4.69, 9.17) is 9.47 Å². The molecule has 0 fully saturated rings. The number of hydrogen-bond acceptors (Lipinski definition) is 4. The van der Waals surface area contributed by atoms with Crippen LogP contribution in [0, 0.1) is 12.7 Å². The van der Waals surface area contributed by atoms with E-state index in [9.17, 15) is 9.18 Å². The molecule has 0 aliphatic heterocycles. The monoisotopic (exact) mass is 360 g/mol. The van der Waals surface area contributed by atoms with Crippen LogP contribution in [0.25, 0.3) is 0 Å². The van der Waals surface area contributed by atoms with Gasteiger partial charge in [0.05, 0.1) is 14.2 Å². The minimum atomic E-state index is -0.250. The Balaban J connectivity index is 2.14. The van der Waals surface area contributed by atoms with Crippen molar-refractivity contribution in [1.82, 2.24) is 10.2 Å². The Morgan fingerprint density at radius 1 is 1.12 bits per heavy atom. The third kappa shape index (κ3) is 4.73. The Labute approximate surface area is 153 Å². The van der Waals surface area contributed by atoms with Crippen molar-refractivity contribution in [2.24, 2.45) is 0 Å². The summed E-state index contributed by atoms with van der Waals surface area (Å²) < 4.78 is 24.5. The predicted octanol–water partition coefficient (Wildman–Crippen LogP) is 3.14. The molecule has 5 nitrogen and oxygen atoms in total. The Bertz CT molecular complexity index is 766. The van der Waals surface area contributed by atoms with Crippen LogP contribution in [0.1, 0.15) is 27.0 Å². The fourth-order valence-corrected chi connectivity index (χ4v) is 2.70. The number of carbonyl (C=O) groups is 1. The van der Waals surface area contributed by atoms with Gasteiger partial charge in [-0.25, -0.2) is 4.39 Å². The second-order valence-corrected chi connectivity index (χ2v) is 6.35. The Morgan fingerprint density at radius 2 is 1.73 bits per heavy atom. The van der Waals surface area contributed by atoms with Crippen molar-refractivity contribution >= 4 is 5.91 Å². The largest absolute Gasteiger partial charge is 0.496 e. The smallest absolute Gasteiger partial charge is 0.251 e. The van der Waals surface area contributed by atoms with Gasteiger partial charge in [-0.05, 0) is 50.8 Å². The molecule has 0 heterocycles. The number of methoxy groups -OCH3 is 2. The number of nitrogens with one attached hydrogen (secondary N) is 1. The van der Waals surface area contributed by atoms with Crippen molar-refractivity contribution in [1.29, 1.82) is 0 Å². The summed E-state index contributed by atoms with van der Waals surface area (Å²) in [5, 5.41) is 2.85. The molecule has 2 rings (SSSR count). The number of rotatable bonds is 7. The normalized spacial score (nSPS) is 10.7. The molecule has 140 valence electrons. The van der Waals surface area contributed by atoms with Crippen molar-refractivity contribution in [3.63, 3.8) is 0 Å². The zero-order chi connectivity index (χ0) is 19.3. The average Bonchev–Trinajstić information content (AvgIpc) is 2.61. The fourth-order valence-electron chi connectivity index (χ4n) is 2.70. The van der Waals surface area contributed by atoms with E-state index in [1.807, 2.05) is 25.9 Å². The Hall–Kier alpha value is -2.60. The second-order valence-electron chi connectivity index (χ2n) is 6.35. The molecule has 0 aliphatic rings. The van der Waals surface area contributed by atoms with Gasteiger partial charge < -0.3 is 19.7 Å². The van der Waals surface area contributed by atoms with E-state index in [1.165, 1.54) is 6.07 Å². The van der Waals surface area contributed by atoms with Crippen molar-refractivity contribution in [2.45, 2.75) is 20.0 Å². The number of halogens is 1. The molecular weight excluding hydrogens is 335 g/mol.